The Balaban J connectivity index is 3.61. The molecule has 0 amide bonds. The van der Waals surface area contributed by atoms with E-state index in [0.29, 0.717) is 13.0 Å². The maximum Gasteiger partial charge on any atom is 0.323 e. The maximum absolute atomic E-state index is 10.7. The average molecular weight is 232 g/mol. The van der Waals surface area contributed by atoms with Crippen LogP contribution in [0.5, 0.6) is 0 Å². The Hall–Kier alpha value is -0.650. The van der Waals surface area contributed by atoms with E-state index < -0.39 is 11.5 Å². The first-order valence-corrected chi connectivity index (χ1v) is 5.68. The van der Waals surface area contributed by atoms with Gasteiger partial charge < -0.3 is 20.5 Å². The first kappa shape index (κ1) is 15.3. The van der Waals surface area contributed by atoms with Crippen molar-refractivity contribution in [2.75, 3.05) is 33.4 Å². The van der Waals surface area contributed by atoms with Crippen LogP contribution in [0.1, 0.15) is 26.7 Å². The van der Waals surface area contributed by atoms with Crippen LogP contribution in [0.15, 0.2) is 0 Å². The van der Waals surface area contributed by atoms with Crippen molar-refractivity contribution in [3.8, 4) is 0 Å². The maximum atomic E-state index is 10.7. The highest BCUT2D eigenvalue weighted by Gasteiger charge is 2.26. The van der Waals surface area contributed by atoms with Crippen molar-refractivity contribution in [1.82, 2.24) is 4.90 Å². The Morgan fingerprint density at radius 1 is 1.50 bits per heavy atom. The number of aliphatic carboxylic acids is 1. The Morgan fingerprint density at radius 2 is 2.12 bits per heavy atom. The van der Waals surface area contributed by atoms with E-state index in [1.54, 1.807) is 6.92 Å². The molecule has 1 atom stereocenters. The van der Waals surface area contributed by atoms with Crippen LogP contribution in [0.25, 0.3) is 0 Å². The normalized spacial score (nSPS) is 15.1. The van der Waals surface area contributed by atoms with Crippen molar-refractivity contribution in [1.29, 1.82) is 0 Å². The highest BCUT2D eigenvalue weighted by molar-refractivity contribution is 5.77. The molecule has 0 saturated heterocycles. The zero-order valence-electron chi connectivity index (χ0n) is 10.5. The van der Waals surface area contributed by atoms with Gasteiger partial charge in [-0.1, -0.05) is 0 Å². The van der Waals surface area contributed by atoms with Gasteiger partial charge in [-0.05, 0) is 40.3 Å². The minimum absolute atomic E-state index is 0.487. The minimum atomic E-state index is -1.11. The van der Waals surface area contributed by atoms with Gasteiger partial charge in [0, 0.05) is 13.2 Å². The van der Waals surface area contributed by atoms with Gasteiger partial charge in [-0.3, -0.25) is 4.79 Å². The summed E-state index contributed by atoms with van der Waals surface area (Å²) >= 11 is 0. The zero-order valence-corrected chi connectivity index (χ0v) is 10.5. The molecule has 0 aliphatic carbocycles. The number of carboxylic acids is 1. The van der Waals surface area contributed by atoms with Crippen molar-refractivity contribution in [2.45, 2.75) is 32.2 Å². The lowest BCUT2D eigenvalue weighted by Crippen LogP contribution is -2.45. The Labute approximate surface area is 97.6 Å². The van der Waals surface area contributed by atoms with Gasteiger partial charge in [-0.25, -0.2) is 0 Å². The molecule has 0 fully saturated rings. The van der Waals surface area contributed by atoms with Crippen LogP contribution in [0.3, 0.4) is 0 Å². The topological polar surface area (TPSA) is 75.8 Å². The molecule has 0 rings (SSSR count). The molecule has 1 unspecified atom stereocenters. The molecule has 0 heterocycles. The molecule has 96 valence electrons. The quantitative estimate of drug-likeness (QED) is 0.567. The third kappa shape index (κ3) is 6.76. The van der Waals surface area contributed by atoms with Gasteiger partial charge in [0.2, 0.25) is 0 Å². The molecular weight excluding hydrogens is 208 g/mol. The van der Waals surface area contributed by atoms with Crippen molar-refractivity contribution in [2.24, 2.45) is 5.73 Å². The number of rotatable bonds is 9. The summed E-state index contributed by atoms with van der Waals surface area (Å²) in [4.78, 5) is 12.9. The number of hydrogen-bond donors (Lipinski definition) is 2. The molecule has 16 heavy (non-hydrogen) atoms. The Kier molecular flexibility index (Phi) is 7.29. The van der Waals surface area contributed by atoms with Crippen LogP contribution in [-0.2, 0) is 9.53 Å². The monoisotopic (exact) mass is 232 g/mol. The van der Waals surface area contributed by atoms with Gasteiger partial charge in [-0.2, -0.15) is 0 Å². The lowest BCUT2D eigenvalue weighted by Gasteiger charge is -2.21. The van der Waals surface area contributed by atoms with Crippen molar-refractivity contribution >= 4 is 5.97 Å². The molecule has 0 aliphatic heterocycles. The number of ether oxygens (including phenoxy) is 1. The van der Waals surface area contributed by atoms with Crippen molar-refractivity contribution in [3.63, 3.8) is 0 Å². The molecule has 0 aromatic carbocycles. The molecule has 0 radical (unpaired) electrons. The van der Waals surface area contributed by atoms with Gasteiger partial charge >= 0.3 is 5.97 Å². The number of likely N-dealkylation sites (N-methyl/N-ethyl adjacent to an activating group) is 1. The van der Waals surface area contributed by atoms with E-state index in [9.17, 15) is 4.79 Å². The van der Waals surface area contributed by atoms with Gasteiger partial charge in [-0.15, -0.1) is 0 Å². The van der Waals surface area contributed by atoms with Gasteiger partial charge in [0.15, 0.2) is 0 Å². The van der Waals surface area contributed by atoms with Crippen LogP contribution in [0, 0.1) is 0 Å². The third-order valence-electron chi connectivity index (χ3n) is 2.55. The van der Waals surface area contributed by atoms with E-state index in [1.165, 1.54) is 0 Å². The predicted molar refractivity (Wildman–Crippen MR) is 63.5 cm³/mol. The number of hydrogen-bond acceptors (Lipinski definition) is 4. The van der Waals surface area contributed by atoms with E-state index >= 15 is 0 Å². The molecule has 0 aromatic rings. The van der Waals surface area contributed by atoms with Crippen molar-refractivity contribution in [3.05, 3.63) is 0 Å². The average Bonchev–Trinajstić information content (AvgIpc) is 2.17. The fraction of sp³-hybridized carbons (Fsp3) is 0.909. The van der Waals surface area contributed by atoms with Crippen LogP contribution in [0.4, 0.5) is 0 Å². The molecule has 0 aliphatic rings. The second-order valence-electron chi connectivity index (χ2n) is 4.33. The fourth-order valence-corrected chi connectivity index (χ4v) is 1.30. The molecule has 0 saturated carbocycles. The zero-order chi connectivity index (χ0) is 12.6. The first-order chi connectivity index (χ1) is 7.40. The largest absolute Gasteiger partial charge is 0.480 e. The van der Waals surface area contributed by atoms with E-state index in [0.717, 1.165) is 26.1 Å². The van der Waals surface area contributed by atoms with Crippen LogP contribution < -0.4 is 5.73 Å². The molecule has 0 spiro atoms. The summed E-state index contributed by atoms with van der Waals surface area (Å²) in [5.41, 5.74) is 4.51. The fourth-order valence-electron chi connectivity index (χ4n) is 1.30. The van der Waals surface area contributed by atoms with Gasteiger partial charge in [0.05, 0.1) is 6.61 Å². The van der Waals surface area contributed by atoms with Gasteiger partial charge in [0.25, 0.3) is 0 Å². The summed E-state index contributed by atoms with van der Waals surface area (Å²) in [6.45, 7) is 6.66. The first-order valence-electron chi connectivity index (χ1n) is 5.68. The molecule has 5 heteroatoms. The SMILES string of the molecule is CCOCCN(C)CCCC(C)(N)C(=O)O. The molecule has 0 bridgehead atoms. The van der Waals surface area contributed by atoms with Crippen LogP contribution in [-0.4, -0.2) is 54.9 Å². The Morgan fingerprint density at radius 3 is 2.62 bits per heavy atom. The van der Waals surface area contributed by atoms with E-state index in [1.807, 2.05) is 14.0 Å². The van der Waals surface area contributed by atoms with E-state index in [2.05, 4.69) is 4.90 Å². The van der Waals surface area contributed by atoms with Crippen molar-refractivity contribution < 1.29 is 14.6 Å². The molecular formula is C11H24N2O3. The lowest BCUT2D eigenvalue weighted by atomic mass is 9.97. The summed E-state index contributed by atoms with van der Waals surface area (Å²) < 4.78 is 5.23. The van der Waals surface area contributed by atoms with Crippen LogP contribution >= 0.6 is 0 Å². The van der Waals surface area contributed by atoms with E-state index in [4.69, 9.17) is 15.6 Å². The number of carbonyl (C=O) groups is 1. The highest BCUT2D eigenvalue weighted by atomic mass is 16.5. The predicted octanol–water partition coefficient (Wildman–Crippen LogP) is 0.537. The lowest BCUT2D eigenvalue weighted by molar-refractivity contribution is -0.142. The summed E-state index contributed by atoms with van der Waals surface area (Å²) in [6, 6.07) is 0. The number of nitrogens with zero attached hydrogens (tertiary/aromatic N) is 1. The second kappa shape index (κ2) is 7.60. The minimum Gasteiger partial charge on any atom is -0.480 e. The smallest absolute Gasteiger partial charge is 0.323 e. The van der Waals surface area contributed by atoms with Gasteiger partial charge in [0.1, 0.15) is 5.54 Å². The van der Waals surface area contributed by atoms with E-state index in [-0.39, 0.29) is 0 Å². The highest BCUT2D eigenvalue weighted by Crippen LogP contribution is 2.09. The molecule has 3 N–H and O–H groups in total. The number of carboxylic acid groups (broad SMARTS) is 1. The standard InChI is InChI=1S/C11H24N2O3/c1-4-16-9-8-13(3)7-5-6-11(2,12)10(14)15/h4-9,12H2,1-3H3,(H,14,15). The third-order valence-corrected chi connectivity index (χ3v) is 2.55. The summed E-state index contributed by atoms with van der Waals surface area (Å²) in [7, 11) is 1.99. The summed E-state index contributed by atoms with van der Waals surface area (Å²) in [5.74, 6) is -0.940. The molecule has 5 nitrogen and oxygen atoms in total. The molecule has 0 aromatic heterocycles. The summed E-state index contributed by atoms with van der Waals surface area (Å²) in [6.07, 6.45) is 1.27. The Bertz CT molecular complexity index is 207. The summed E-state index contributed by atoms with van der Waals surface area (Å²) in [5, 5.41) is 8.82. The number of nitrogens with two attached hydrogens (primary N) is 1. The second-order valence-corrected chi connectivity index (χ2v) is 4.33. The van der Waals surface area contributed by atoms with Crippen LogP contribution in [0.2, 0.25) is 0 Å².